The van der Waals surface area contributed by atoms with Crippen LogP contribution < -0.4 is 15.9 Å². The van der Waals surface area contributed by atoms with E-state index in [4.69, 9.17) is 10.8 Å². The van der Waals surface area contributed by atoms with Crippen LogP contribution in [0, 0.1) is 5.82 Å². The SMILES string of the molecule is Nc1cc(F)c(NCc2csc(=O)[nH]2)cc1C(=O)O. The molecule has 0 atom stereocenters. The van der Waals surface area contributed by atoms with E-state index in [1.807, 2.05) is 0 Å². The molecule has 100 valence electrons. The maximum absolute atomic E-state index is 13.6. The smallest absolute Gasteiger partial charge is 0.337 e. The Balaban J connectivity index is 2.22. The Morgan fingerprint density at radius 3 is 2.84 bits per heavy atom. The van der Waals surface area contributed by atoms with E-state index in [-0.39, 0.29) is 28.4 Å². The van der Waals surface area contributed by atoms with Gasteiger partial charge >= 0.3 is 10.8 Å². The van der Waals surface area contributed by atoms with E-state index in [0.29, 0.717) is 5.69 Å². The number of nitrogen functional groups attached to an aromatic ring is 1. The molecule has 0 bridgehead atoms. The Hall–Kier alpha value is -2.35. The average molecular weight is 283 g/mol. The number of thiazole rings is 1. The number of aromatic carboxylic acids is 1. The van der Waals surface area contributed by atoms with Crippen molar-refractivity contribution in [1.82, 2.24) is 4.98 Å². The Morgan fingerprint density at radius 1 is 1.53 bits per heavy atom. The Labute approximate surface area is 110 Å². The van der Waals surface area contributed by atoms with E-state index >= 15 is 0 Å². The highest BCUT2D eigenvalue weighted by atomic mass is 32.1. The number of anilines is 2. The largest absolute Gasteiger partial charge is 0.478 e. The summed E-state index contributed by atoms with van der Waals surface area (Å²) in [6.45, 7) is 0.179. The van der Waals surface area contributed by atoms with Crippen molar-refractivity contribution < 1.29 is 14.3 Å². The van der Waals surface area contributed by atoms with Gasteiger partial charge in [0.15, 0.2) is 0 Å². The van der Waals surface area contributed by atoms with E-state index < -0.39 is 11.8 Å². The fourth-order valence-electron chi connectivity index (χ4n) is 1.50. The molecular weight excluding hydrogens is 273 g/mol. The summed E-state index contributed by atoms with van der Waals surface area (Å²) in [5.74, 6) is -1.88. The van der Waals surface area contributed by atoms with Crippen molar-refractivity contribution in [3.63, 3.8) is 0 Å². The predicted octanol–water partition coefficient (Wildman–Crippen LogP) is 1.47. The summed E-state index contributed by atoms with van der Waals surface area (Å²) in [4.78, 5) is 24.2. The molecule has 0 amide bonds. The van der Waals surface area contributed by atoms with Gasteiger partial charge in [-0.1, -0.05) is 11.3 Å². The average Bonchev–Trinajstić information content (AvgIpc) is 2.73. The molecule has 8 heteroatoms. The maximum atomic E-state index is 13.6. The van der Waals surface area contributed by atoms with Gasteiger partial charge in [-0.15, -0.1) is 0 Å². The van der Waals surface area contributed by atoms with Gasteiger partial charge in [-0.2, -0.15) is 0 Å². The van der Waals surface area contributed by atoms with Gasteiger partial charge in [0.2, 0.25) is 0 Å². The number of hydrogen-bond acceptors (Lipinski definition) is 5. The number of benzene rings is 1. The lowest BCUT2D eigenvalue weighted by atomic mass is 10.1. The number of nitrogens with two attached hydrogens (primary N) is 1. The molecule has 0 radical (unpaired) electrons. The molecule has 0 saturated heterocycles. The van der Waals surface area contributed by atoms with Crippen LogP contribution in [0.25, 0.3) is 0 Å². The number of hydrogen-bond donors (Lipinski definition) is 4. The van der Waals surface area contributed by atoms with Crippen LogP contribution in [-0.4, -0.2) is 16.1 Å². The van der Waals surface area contributed by atoms with Crippen LogP contribution >= 0.6 is 11.3 Å². The Kier molecular flexibility index (Phi) is 3.52. The number of aromatic amines is 1. The van der Waals surface area contributed by atoms with Crippen molar-refractivity contribution in [1.29, 1.82) is 0 Å². The second-order valence-electron chi connectivity index (χ2n) is 3.75. The van der Waals surface area contributed by atoms with Crippen LogP contribution in [0.4, 0.5) is 15.8 Å². The second-order valence-corrected chi connectivity index (χ2v) is 4.59. The number of carbonyl (C=O) groups is 1. The zero-order valence-electron chi connectivity index (χ0n) is 9.57. The van der Waals surface area contributed by atoms with Crippen molar-refractivity contribution in [2.45, 2.75) is 6.54 Å². The third-order valence-corrected chi connectivity index (χ3v) is 3.13. The third kappa shape index (κ3) is 2.91. The summed E-state index contributed by atoms with van der Waals surface area (Å²) in [6.07, 6.45) is 0. The van der Waals surface area contributed by atoms with Crippen molar-refractivity contribution in [3.8, 4) is 0 Å². The topological polar surface area (TPSA) is 108 Å². The molecule has 0 saturated carbocycles. The van der Waals surface area contributed by atoms with Crippen LogP contribution in [0.1, 0.15) is 16.1 Å². The molecule has 5 N–H and O–H groups in total. The fraction of sp³-hybridized carbons (Fsp3) is 0.0909. The third-order valence-electron chi connectivity index (χ3n) is 2.41. The van der Waals surface area contributed by atoms with E-state index in [1.165, 1.54) is 0 Å². The Morgan fingerprint density at radius 2 is 2.26 bits per heavy atom. The fourth-order valence-corrected chi connectivity index (χ4v) is 2.08. The number of nitrogens with one attached hydrogen (secondary N) is 2. The molecule has 0 aliphatic rings. The van der Waals surface area contributed by atoms with Gasteiger partial charge in [0.25, 0.3) is 0 Å². The van der Waals surface area contributed by atoms with E-state index in [1.54, 1.807) is 5.38 Å². The lowest BCUT2D eigenvalue weighted by molar-refractivity contribution is 0.0698. The molecule has 6 nitrogen and oxygen atoms in total. The summed E-state index contributed by atoms with van der Waals surface area (Å²) in [5, 5.41) is 13.2. The number of rotatable bonds is 4. The van der Waals surface area contributed by atoms with Crippen LogP contribution in [0.5, 0.6) is 0 Å². The number of aromatic nitrogens is 1. The minimum atomic E-state index is -1.23. The van der Waals surface area contributed by atoms with Crippen LogP contribution in [0.15, 0.2) is 22.3 Å². The van der Waals surface area contributed by atoms with Gasteiger partial charge in [0, 0.05) is 16.8 Å². The first-order valence-electron chi connectivity index (χ1n) is 5.20. The minimum absolute atomic E-state index is 0.0126. The number of H-pyrrole nitrogens is 1. The highest BCUT2D eigenvalue weighted by molar-refractivity contribution is 7.07. The standard InChI is InChI=1S/C11H10FN3O3S/c12-7-2-8(13)6(10(16)17)1-9(7)14-3-5-4-19-11(18)15-5/h1-2,4,14H,3,13H2,(H,15,18)(H,16,17). The maximum Gasteiger partial charge on any atom is 0.337 e. The van der Waals surface area contributed by atoms with Crippen molar-refractivity contribution in [2.75, 3.05) is 11.1 Å². The summed E-state index contributed by atoms with van der Waals surface area (Å²) in [7, 11) is 0. The molecule has 1 heterocycles. The van der Waals surface area contributed by atoms with Gasteiger partial charge in [-0.25, -0.2) is 9.18 Å². The summed E-state index contributed by atoms with van der Waals surface area (Å²) in [5.41, 5.74) is 5.69. The molecule has 0 fully saturated rings. The monoisotopic (exact) mass is 283 g/mol. The van der Waals surface area contributed by atoms with Gasteiger partial charge in [0.1, 0.15) is 5.82 Å². The first kappa shape index (κ1) is 13.1. The minimum Gasteiger partial charge on any atom is -0.478 e. The molecule has 0 unspecified atom stereocenters. The lowest BCUT2D eigenvalue weighted by Crippen LogP contribution is -2.08. The summed E-state index contributed by atoms with van der Waals surface area (Å²) in [6, 6.07) is 2.07. The number of halogens is 1. The quantitative estimate of drug-likeness (QED) is 0.635. The molecule has 2 rings (SSSR count). The molecule has 0 aliphatic heterocycles. The van der Waals surface area contributed by atoms with E-state index in [2.05, 4.69) is 10.3 Å². The highest BCUT2D eigenvalue weighted by Crippen LogP contribution is 2.22. The Bertz CT molecular complexity index is 680. The molecule has 1 aromatic heterocycles. The van der Waals surface area contributed by atoms with Gasteiger partial charge in [0.05, 0.1) is 17.8 Å². The predicted molar refractivity (Wildman–Crippen MR) is 70.0 cm³/mol. The zero-order chi connectivity index (χ0) is 14.0. The first-order valence-corrected chi connectivity index (χ1v) is 6.08. The van der Waals surface area contributed by atoms with Crippen LogP contribution in [0.2, 0.25) is 0 Å². The molecule has 0 aliphatic carbocycles. The van der Waals surface area contributed by atoms with Crippen molar-refractivity contribution in [2.24, 2.45) is 0 Å². The normalized spacial score (nSPS) is 10.4. The zero-order valence-corrected chi connectivity index (χ0v) is 10.4. The number of carboxylic acids is 1. The summed E-state index contributed by atoms with van der Waals surface area (Å²) >= 11 is 0.995. The second kappa shape index (κ2) is 5.11. The first-order chi connectivity index (χ1) is 8.97. The van der Waals surface area contributed by atoms with E-state index in [9.17, 15) is 14.0 Å². The van der Waals surface area contributed by atoms with Gasteiger partial charge in [-0.3, -0.25) is 4.79 Å². The van der Waals surface area contributed by atoms with E-state index in [0.717, 1.165) is 23.5 Å². The molecule has 19 heavy (non-hydrogen) atoms. The van der Waals surface area contributed by atoms with Crippen molar-refractivity contribution >= 4 is 28.7 Å². The lowest BCUT2D eigenvalue weighted by Gasteiger charge is -2.09. The molecule has 0 spiro atoms. The summed E-state index contributed by atoms with van der Waals surface area (Å²) < 4.78 is 13.6. The highest BCUT2D eigenvalue weighted by Gasteiger charge is 2.13. The van der Waals surface area contributed by atoms with Gasteiger partial charge < -0.3 is 21.1 Å². The molecule has 2 aromatic rings. The van der Waals surface area contributed by atoms with Crippen molar-refractivity contribution in [3.05, 3.63) is 44.3 Å². The van der Waals surface area contributed by atoms with Crippen LogP contribution in [-0.2, 0) is 6.54 Å². The molecular formula is C11H10FN3O3S. The van der Waals surface area contributed by atoms with Gasteiger partial charge in [-0.05, 0) is 12.1 Å². The number of carboxylic acid groups (broad SMARTS) is 1. The van der Waals surface area contributed by atoms with Crippen LogP contribution in [0.3, 0.4) is 0 Å². The molecule has 1 aromatic carbocycles.